The third kappa shape index (κ3) is 7.64. The number of fused-ring (bicyclic) bond motifs is 20. The molecule has 2 aromatic heterocycles. The summed E-state index contributed by atoms with van der Waals surface area (Å²) >= 11 is 0. The summed E-state index contributed by atoms with van der Waals surface area (Å²) in [6, 6.07) is 95.4. The van der Waals surface area contributed by atoms with Crippen LogP contribution in [0.3, 0.4) is 0 Å². The highest BCUT2D eigenvalue weighted by molar-refractivity contribution is 6.15. The van der Waals surface area contributed by atoms with E-state index >= 15 is 0 Å². The Balaban J connectivity index is 0.783. The van der Waals surface area contributed by atoms with E-state index < -0.39 is 0 Å². The maximum Gasteiger partial charge on any atom is 0.159 e. The molecule has 3 aliphatic carbocycles. The van der Waals surface area contributed by atoms with E-state index in [9.17, 15) is 0 Å². The Morgan fingerprint density at radius 3 is 1.36 bits per heavy atom. The third-order valence-electron chi connectivity index (χ3n) is 21.5. The fourth-order valence-electron chi connectivity index (χ4n) is 17.4. The summed E-state index contributed by atoms with van der Waals surface area (Å²) in [4.78, 5) is 4.84. The first-order valence-corrected chi connectivity index (χ1v) is 32.9. The molecule has 1 saturated carbocycles. The van der Waals surface area contributed by atoms with Gasteiger partial charge in [0, 0.05) is 55.1 Å². The van der Waals surface area contributed by atoms with Crippen molar-refractivity contribution in [1.82, 2.24) is 0 Å². The average molecular weight is 1180 g/mol. The van der Waals surface area contributed by atoms with Crippen LogP contribution in [0.15, 0.2) is 264 Å². The van der Waals surface area contributed by atoms with Crippen molar-refractivity contribution in [3.8, 4) is 33.4 Å². The number of anilines is 6. The highest BCUT2D eigenvalue weighted by Gasteiger charge is 2.40. The predicted molar refractivity (Wildman–Crippen MR) is 387 cm³/mol. The summed E-state index contributed by atoms with van der Waals surface area (Å²) in [6.07, 6.45) is 4.86. The molecule has 4 heteroatoms. The van der Waals surface area contributed by atoms with Gasteiger partial charge in [0.25, 0.3) is 0 Å². The van der Waals surface area contributed by atoms with Crippen LogP contribution >= 0.6 is 0 Å². The Kier molecular flexibility index (Phi) is 11.4. The van der Waals surface area contributed by atoms with Crippen molar-refractivity contribution in [2.24, 2.45) is 0 Å². The molecule has 0 saturated heterocycles. The predicted octanol–water partition coefficient (Wildman–Crippen LogP) is 25.3. The van der Waals surface area contributed by atoms with Gasteiger partial charge in [0.2, 0.25) is 0 Å². The summed E-state index contributed by atoms with van der Waals surface area (Å²) in [5.74, 6) is 0.473. The zero-order chi connectivity index (χ0) is 61.3. The maximum atomic E-state index is 7.44. The summed E-state index contributed by atoms with van der Waals surface area (Å²) in [5.41, 5.74) is 25.0. The van der Waals surface area contributed by atoms with Crippen LogP contribution < -0.4 is 9.80 Å². The van der Waals surface area contributed by atoms with Gasteiger partial charge < -0.3 is 18.6 Å². The fraction of sp³-hybridized carbons (Fsp3) is 0.136. The van der Waals surface area contributed by atoms with Crippen molar-refractivity contribution < 1.29 is 8.83 Å². The Hall–Kier alpha value is -10.7. The second-order valence-corrected chi connectivity index (χ2v) is 27.4. The van der Waals surface area contributed by atoms with Crippen LogP contribution in [0.5, 0.6) is 0 Å². The van der Waals surface area contributed by atoms with Crippen LogP contribution in [0.4, 0.5) is 34.1 Å². The normalized spacial score (nSPS) is 14.8. The lowest BCUT2D eigenvalue weighted by Gasteiger charge is -2.28. The molecule has 0 N–H and O–H groups in total. The van der Waals surface area contributed by atoms with Gasteiger partial charge in [-0.05, 0) is 202 Å². The van der Waals surface area contributed by atoms with Crippen molar-refractivity contribution >= 4 is 121 Å². The van der Waals surface area contributed by atoms with Crippen LogP contribution in [0.1, 0.15) is 92.7 Å². The van der Waals surface area contributed by atoms with E-state index in [1.807, 2.05) is 0 Å². The van der Waals surface area contributed by atoms with E-state index in [1.165, 1.54) is 119 Å². The summed E-state index contributed by atoms with van der Waals surface area (Å²) in [6.45, 7) is 11.8. The Bertz CT molecular complexity index is 5800. The monoisotopic (exact) mass is 1180 g/mol. The molecule has 2 heterocycles. The van der Waals surface area contributed by atoms with E-state index in [-0.39, 0.29) is 10.8 Å². The standard InChI is InChI=1S/C88H66N2O2/c1-52-18-15-28-73-74-30-17-31-77(85(74)91-83(52)73)89(62-40-46-66-57(48-62)36-44-71-69-42-34-55-21-11-13-25-64(55)79(69)87(2,3)81(66)71)61-38-32-53(33-39-61)59-50-76-75-29-16-27-68(54-19-9-10-20-54)84(75)92-86(76)78(51-59)90(60-23-7-6-8-24-60)63-41-47-67-58(49-63)37-45-72-70-43-35-56-22-12-14-26-65(56)80(70)88(4,5)82(67)72/h6-8,11-18,21-51,54H,9-10,19-20H2,1-5H3. The summed E-state index contributed by atoms with van der Waals surface area (Å²) in [5, 5.41) is 14.7. The first-order chi connectivity index (χ1) is 45.0. The molecule has 0 amide bonds. The summed E-state index contributed by atoms with van der Waals surface area (Å²) in [7, 11) is 0. The Morgan fingerprint density at radius 2 is 0.761 bits per heavy atom. The lowest BCUT2D eigenvalue weighted by Crippen LogP contribution is -2.16. The highest BCUT2D eigenvalue weighted by Crippen LogP contribution is 2.57. The van der Waals surface area contributed by atoms with Gasteiger partial charge in [0.05, 0.1) is 11.4 Å². The van der Waals surface area contributed by atoms with E-state index in [0.29, 0.717) is 5.92 Å². The highest BCUT2D eigenvalue weighted by atomic mass is 16.3. The number of aryl methyl sites for hydroxylation is 1. The minimum atomic E-state index is -0.209. The van der Waals surface area contributed by atoms with Gasteiger partial charge in [-0.2, -0.15) is 0 Å². The van der Waals surface area contributed by atoms with E-state index in [4.69, 9.17) is 8.83 Å². The van der Waals surface area contributed by atoms with Crippen molar-refractivity contribution in [3.63, 3.8) is 0 Å². The Morgan fingerprint density at radius 1 is 0.315 bits per heavy atom. The van der Waals surface area contributed by atoms with Gasteiger partial charge in [-0.15, -0.1) is 0 Å². The number of para-hydroxylation sites is 4. The molecule has 0 spiro atoms. The zero-order valence-electron chi connectivity index (χ0n) is 52.4. The molecule has 16 aromatic rings. The first-order valence-electron chi connectivity index (χ1n) is 32.9. The number of nitrogens with zero attached hydrogens (tertiary/aromatic N) is 2. The largest absolute Gasteiger partial charge is 0.454 e. The quantitative estimate of drug-likeness (QED) is 0.152. The van der Waals surface area contributed by atoms with Crippen molar-refractivity contribution in [2.45, 2.75) is 77.0 Å². The molecule has 0 unspecified atom stereocenters. The average Bonchev–Trinajstić information content (AvgIpc) is 1.55. The third-order valence-corrected chi connectivity index (χ3v) is 21.5. The minimum Gasteiger partial charge on any atom is -0.454 e. The molecule has 0 radical (unpaired) electrons. The molecule has 440 valence electrons. The van der Waals surface area contributed by atoms with Crippen LogP contribution in [0.2, 0.25) is 0 Å². The van der Waals surface area contributed by atoms with Crippen LogP contribution in [-0.2, 0) is 10.8 Å². The number of benzene rings is 14. The van der Waals surface area contributed by atoms with E-state index in [2.05, 4.69) is 299 Å². The van der Waals surface area contributed by atoms with E-state index in [0.717, 1.165) is 94.7 Å². The molecule has 19 rings (SSSR count). The van der Waals surface area contributed by atoms with Crippen molar-refractivity contribution in [3.05, 3.63) is 288 Å². The molecular formula is C88H66N2O2. The van der Waals surface area contributed by atoms with Crippen LogP contribution in [0.25, 0.3) is 120 Å². The second kappa shape index (κ2) is 19.7. The van der Waals surface area contributed by atoms with Crippen LogP contribution in [-0.4, -0.2) is 0 Å². The maximum absolute atomic E-state index is 7.44. The lowest BCUT2D eigenvalue weighted by molar-refractivity contribution is 0.643. The van der Waals surface area contributed by atoms with Gasteiger partial charge in [-0.25, -0.2) is 0 Å². The van der Waals surface area contributed by atoms with Crippen LogP contribution in [0, 0.1) is 6.92 Å². The first kappa shape index (κ1) is 53.2. The molecular weight excluding hydrogens is 1120 g/mol. The molecule has 1 fully saturated rings. The van der Waals surface area contributed by atoms with Gasteiger partial charge in [0.1, 0.15) is 11.2 Å². The smallest absolute Gasteiger partial charge is 0.159 e. The zero-order valence-corrected chi connectivity index (χ0v) is 52.4. The summed E-state index contributed by atoms with van der Waals surface area (Å²) < 4.78 is 14.5. The second-order valence-electron chi connectivity index (χ2n) is 27.4. The van der Waals surface area contributed by atoms with Crippen molar-refractivity contribution in [2.75, 3.05) is 9.80 Å². The van der Waals surface area contributed by atoms with E-state index in [1.54, 1.807) is 0 Å². The van der Waals surface area contributed by atoms with Gasteiger partial charge in [-0.1, -0.05) is 229 Å². The number of hydrogen-bond donors (Lipinski definition) is 0. The number of hydrogen-bond acceptors (Lipinski definition) is 4. The Labute approximate surface area is 535 Å². The molecule has 14 aromatic carbocycles. The molecule has 92 heavy (non-hydrogen) atoms. The van der Waals surface area contributed by atoms with Gasteiger partial charge in [0.15, 0.2) is 11.2 Å². The van der Waals surface area contributed by atoms with Gasteiger partial charge in [-0.3, -0.25) is 0 Å². The molecule has 3 aliphatic rings. The minimum absolute atomic E-state index is 0.207. The number of rotatable bonds is 8. The number of furan rings is 2. The molecule has 0 atom stereocenters. The SMILES string of the molecule is Cc1cccc2c1oc1c(N(c3ccc(-c4cc(N(c5ccccc5)c5ccc6c7c(ccc6c5)-c5ccc6ccccc6c5C7(C)C)c5oc6c(C7CCCC7)cccc6c5c4)cc3)c3ccc4c5c(ccc4c3)-c3ccc4ccccc4c3C5(C)C)cccc12. The lowest BCUT2D eigenvalue weighted by atomic mass is 9.78. The molecule has 4 nitrogen and oxygen atoms in total. The van der Waals surface area contributed by atoms with Gasteiger partial charge >= 0.3 is 0 Å². The fourth-order valence-corrected chi connectivity index (χ4v) is 17.4. The molecule has 0 aliphatic heterocycles. The molecule has 0 bridgehead atoms. The topological polar surface area (TPSA) is 32.8 Å². The van der Waals surface area contributed by atoms with Crippen molar-refractivity contribution in [1.29, 1.82) is 0 Å².